The lowest BCUT2D eigenvalue weighted by atomic mass is 9.89. The quantitative estimate of drug-likeness (QED) is 0.139. The van der Waals surface area contributed by atoms with Crippen molar-refractivity contribution in [1.82, 2.24) is 0 Å². The van der Waals surface area contributed by atoms with Crippen LogP contribution in [0.1, 0.15) is 30.6 Å². The summed E-state index contributed by atoms with van der Waals surface area (Å²) in [6, 6.07) is 4.99. The van der Waals surface area contributed by atoms with Gasteiger partial charge in [0.15, 0.2) is 5.78 Å². The smallest absolute Gasteiger partial charge is 0.353 e. The van der Waals surface area contributed by atoms with E-state index < -0.39 is 17.7 Å². The third-order valence-corrected chi connectivity index (χ3v) is 3.49. The number of carbonyl (C=O) groups excluding carboxylic acids is 2. The molecule has 27 heavy (non-hydrogen) atoms. The highest BCUT2D eigenvalue weighted by Gasteiger charge is 2.34. The predicted octanol–water partition coefficient (Wildman–Crippen LogP) is 2.88. The largest absolute Gasteiger partial charge is 0.496 e. The standard InChI is InChI=1S/C18H26O7.H2OP/c1-12(2)11-13(18(20)25-24-10-9-21-3)17(19)16-14(22-4)7-6-8-15(16)23-5;1-2/h6-8,12-13H,9-11H2,1-5H3;2H2/q;+1. The van der Waals surface area contributed by atoms with Crippen LogP contribution in [0.15, 0.2) is 18.2 Å². The van der Waals surface area contributed by atoms with Crippen molar-refractivity contribution in [3.63, 3.8) is 0 Å². The van der Waals surface area contributed by atoms with Gasteiger partial charge in [-0.3, -0.25) is 9.68 Å². The molecular formula is C18H28O8P+. The summed E-state index contributed by atoms with van der Waals surface area (Å²) >= 11 is 0. The van der Waals surface area contributed by atoms with E-state index in [0.29, 0.717) is 17.9 Å². The van der Waals surface area contributed by atoms with Gasteiger partial charge in [0.05, 0.1) is 20.8 Å². The first kappa shape index (κ1) is 25.0. The number of hydrogen-bond donors (Lipinski definition) is 0. The summed E-state index contributed by atoms with van der Waals surface area (Å²) in [5.41, 5.74) is 0.215. The normalized spacial score (nSPS) is 11.2. The van der Waals surface area contributed by atoms with Crippen LogP contribution >= 0.6 is 9.12 Å². The molecule has 0 spiro atoms. The van der Waals surface area contributed by atoms with Gasteiger partial charge in [0, 0.05) is 7.11 Å². The minimum absolute atomic E-state index is 0.0861. The zero-order valence-corrected chi connectivity index (χ0v) is 17.5. The zero-order valence-electron chi connectivity index (χ0n) is 16.4. The van der Waals surface area contributed by atoms with Gasteiger partial charge in [0.2, 0.25) is 0 Å². The van der Waals surface area contributed by atoms with E-state index in [2.05, 4.69) is 0 Å². The van der Waals surface area contributed by atoms with Crippen LogP contribution in [0.25, 0.3) is 0 Å². The lowest BCUT2D eigenvalue weighted by Gasteiger charge is -2.19. The van der Waals surface area contributed by atoms with Gasteiger partial charge in [-0.25, -0.2) is 4.79 Å². The van der Waals surface area contributed by atoms with Gasteiger partial charge in [-0.05, 0) is 24.5 Å². The van der Waals surface area contributed by atoms with Crippen LogP contribution in [0.2, 0.25) is 0 Å². The van der Waals surface area contributed by atoms with Crippen LogP contribution < -0.4 is 9.47 Å². The predicted molar refractivity (Wildman–Crippen MR) is 101 cm³/mol. The fraction of sp³-hybridized carbons (Fsp3) is 0.556. The van der Waals surface area contributed by atoms with Crippen LogP contribution in [-0.2, 0) is 23.9 Å². The Bertz CT molecular complexity index is 568. The maximum absolute atomic E-state index is 13.0. The fourth-order valence-electron chi connectivity index (χ4n) is 2.33. The van der Waals surface area contributed by atoms with Crippen molar-refractivity contribution in [2.45, 2.75) is 20.3 Å². The van der Waals surface area contributed by atoms with Gasteiger partial charge >= 0.3 is 15.1 Å². The van der Waals surface area contributed by atoms with Crippen molar-refractivity contribution in [1.29, 1.82) is 0 Å². The second-order valence-corrected chi connectivity index (χ2v) is 5.80. The number of rotatable bonds is 11. The molecule has 0 saturated heterocycles. The third kappa shape index (κ3) is 8.03. The first-order chi connectivity index (χ1) is 13.0. The molecule has 1 aromatic carbocycles. The molecular weight excluding hydrogens is 375 g/mol. The molecule has 0 heterocycles. The highest BCUT2D eigenvalue weighted by Crippen LogP contribution is 2.32. The molecule has 0 aromatic heterocycles. The highest BCUT2D eigenvalue weighted by atomic mass is 31.0. The Kier molecular flexibility index (Phi) is 13.0. The lowest BCUT2D eigenvalue weighted by molar-refractivity contribution is -0.278. The maximum Gasteiger partial charge on any atom is 0.353 e. The molecule has 0 radical (unpaired) electrons. The van der Waals surface area contributed by atoms with E-state index in [4.69, 9.17) is 28.6 Å². The first-order valence-electron chi connectivity index (χ1n) is 8.27. The summed E-state index contributed by atoms with van der Waals surface area (Å²) in [6.07, 6.45) is 0.312. The molecule has 0 aliphatic rings. The summed E-state index contributed by atoms with van der Waals surface area (Å²) in [5, 5.41) is 0. The van der Waals surface area contributed by atoms with Crippen LogP contribution in [-0.4, -0.2) is 46.3 Å². The van der Waals surface area contributed by atoms with Gasteiger partial charge in [0.1, 0.15) is 29.6 Å². The topological polar surface area (TPSA) is 97.4 Å². The SMILES string of the molecule is COCCOOC(=O)C(CC(C)C)C(=O)c1c(OC)cccc1OC.O=[PH2+]. The van der Waals surface area contributed by atoms with Crippen molar-refractivity contribution < 1.29 is 38.1 Å². The van der Waals surface area contributed by atoms with Gasteiger partial charge < -0.3 is 14.2 Å². The molecule has 0 saturated carbocycles. The molecule has 2 atom stereocenters. The Morgan fingerprint density at radius 3 is 2.00 bits per heavy atom. The average Bonchev–Trinajstić information content (AvgIpc) is 2.69. The summed E-state index contributed by atoms with van der Waals surface area (Å²) in [7, 11) is 5.58. The van der Waals surface area contributed by atoms with Gasteiger partial charge in [-0.15, -0.1) is 0 Å². The Hall–Kier alpha value is -2.02. The summed E-state index contributed by atoms with van der Waals surface area (Å²) in [6.45, 7) is 4.19. The van der Waals surface area contributed by atoms with E-state index in [9.17, 15) is 9.59 Å². The van der Waals surface area contributed by atoms with Gasteiger partial charge in [-0.1, -0.05) is 24.5 Å². The minimum atomic E-state index is -1.02. The minimum Gasteiger partial charge on any atom is -0.496 e. The third-order valence-electron chi connectivity index (χ3n) is 3.49. The lowest BCUT2D eigenvalue weighted by Crippen LogP contribution is -2.29. The molecule has 0 aliphatic carbocycles. The van der Waals surface area contributed by atoms with Crippen LogP contribution in [0.3, 0.4) is 0 Å². The number of methoxy groups -OCH3 is 3. The average molecular weight is 403 g/mol. The van der Waals surface area contributed by atoms with Crippen molar-refractivity contribution in [3.05, 3.63) is 23.8 Å². The number of hydrogen-bond acceptors (Lipinski definition) is 8. The summed E-state index contributed by atoms with van der Waals surface area (Å²) < 4.78 is 23.5. The van der Waals surface area contributed by atoms with E-state index in [1.54, 1.807) is 18.2 Å². The summed E-state index contributed by atoms with van der Waals surface area (Å²) in [5.74, 6) is -1.42. The number of benzene rings is 1. The van der Waals surface area contributed by atoms with E-state index in [1.165, 1.54) is 30.4 Å². The van der Waals surface area contributed by atoms with Crippen molar-refractivity contribution in [2.24, 2.45) is 11.8 Å². The van der Waals surface area contributed by atoms with Gasteiger partial charge in [-0.2, -0.15) is 4.89 Å². The molecule has 8 nitrogen and oxygen atoms in total. The highest BCUT2D eigenvalue weighted by molar-refractivity contribution is 7.00. The Labute approximate surface area is 161 Å². The zero-order chi connectivity index (χ0) is 20.8. The molecule has 0 bridgehead atoms. The number of ketones is 1. The molecule has 0 aliphatic heterocycles. The second-order valence-electron chi connectivity index (χ2n) is 5.80. The fourth-order valence-corrected chi connectivity index (χ4v) is 2.33. The van der Waals surface area contributed by atoms with Crippen molar-refractivity contribution in [3.8, 4) is 11.5 Å². The molecule has 152 valence electrons. The number of Topliss-reactive ketones (excluding diaryl/α,β-unsaturated/α-hetero) is 1. The van der Waals surface area contributed by atoms with Crippen LogP contribution in [0.5, 0.6) is 11.5 Å². The second kappa shape index (κ2) is 14.1. The molecule has 1 aromatic rings. The Balaban J connectivity index is 0.00000326. The Morgan fingerprint density at radius 1 is 1.00 bits per heavy atom. The number of carbonyl (C=O) groups is 2. The van der Waals surface area contributed by atoms with Gasteiger partial charge in [0.25, 0.3) is 0 Å². The molecule has 0 N–H and O–H groups in total. The van der Waals surface area contributed by atoms with E-state index in [-0.39, 0.29) is 24.7 Å². The monoisotopic (exact) mass is 403 g/mol. The van der Waals surface area contributed by atoms with E-state index >= 15 is 0 Å². The molecule has 2 unspecified atom stereocenters. The Morgan fingerprint density at radius 2 is 1.56 bits per heavy atom. The van der Waals surface area contributed by atoms with Crippen LogP contribution in [0, 0.1) is 11.8 Å². The molecule has 0 amide bonds. The number of ether oxygens (including phenoxy) is 3. The van der Waals surface area contributed by atoms with Crippen molar-refractivity contribution >= 4 is 20.9 Å². The summed E-state index contributed by atoms with van der Waals surface area (Å²) in [4.78, 5) is 35.0. The molecule has 9 heteroatoms. The van der Waals surface area contributed by atoms with E-state index in [1.807, 2.05) is 13.8 Å². The van der Waals surface area contributed by atoms with E-state index in [0.717, 1.165) is 0 Å². The molecule has 1 rings (SSSR count). The molecule has 0 fully saturated rings. The first-order valence-corrected chi connectivity index (χ1v) is 8.74. The van der Waals surface area contributed by atoms with Crippen molar-refractivity contribution in [2.75, 3.05) is 34.5 Å². The maximum atomic E-state index is 13.0. The van der Waals surface area contributed by atoms with Crippen LogP contribution in [0.4, 0.5) is 0 Å².